The van der Waals surface area contributed by atoms with Crippen molar-refractivity contribution in [2.45, 2.75) is 32.5 Å². The molecule has 102 valence electrons. The largest absolute Gasteiger partial charge is 0.463 e. The SMILES string of the molecule is CCNCc1ccc(CN2CCC(N(C)C)C2)o1. The lowest BCUT2D eigenvalue weighted by Gasteiger charge is -2.19. The Morgan fingerprint density at radius 3 is 2.83 bits per heavy atom. The van der Waals surface area contributed by atoms with Gasteiger partial charge in [0.2, 0.25) is 0 Å². The predicted octanol–water partition coefficient (Wildman–Crippen LogP) is 1.52. The maximum Gasteiger partial charge on any atom is 0.118 e. The van der Waals surface area contributed by atoms with E-state index >= 15 is 0 Å². The average molecular weight is 251 g/mol. The summed E-state index contributed by atoms with van der Waals surface area (Å²) in [4.78, 5) is 4.79. The van der Waals surface area contributed by atoms with E-state index in [2.05, 4.69) is 48.3 Å². The molecule has 1 saturated heterocycles. The van der Waals surface area contributed by atoms with Crippen molar-refractivity contribution in [3.8, 4) is 0 Å². The lowest BCUT2D eigenvalue weighted by molar-refractivity contribution is 0.250. The van der Waals surface area contributed by atoms with Gasteiger partial charge in [-0.1, -0.05) is 6.92 Å². The monoisotopic (exact) mass is 251 g/mol. The second-order valence-corrected chi connectivity index (χ2v) is 5.29. The average Bonchev–Trinajstić information content (AvgIpc) is 2.96. The predicted molar refractivity (Wildman–Crippen MR) is 73.5 cm³/mol. The highest BCUT2D eigenvalue weighted by molar-refractivity contribution is 5.07. The molecule has 1 aliphatic rings. The molecule has 0 saturated carbocycles. The summed E-state index contributed by atoms with van der Waals surface area (Å²) in [6.45, 7) is 7.18. The molecule has 0 spiro atoms. The molecule has 1 fully saturated rings. The van der Waals surface area contributed by atoms with Crippen LogP contribution in [-0.2, 0) is 13.1 Å². The standard InChI is InChI=1S/C14H25N3O/c1-4-15-9-13-5-6-14(18-13)11-17-8-7-12(10-17)16(2)3/h5-6,12,15H,4,7-11H2,1-3H3. The van der Waals surface area contributed by atoms with Crippen LogP contribution in [0.2, 0.25) is 0 Å². The van der Waals surface area contributed by atoms with Crippen molar-refractivity contribution >= 4 is 0 Å². The van der Waals surface area contributed by atoms with Crippen LogP contribution in [0, 0.1) is 0 Å². The molecule has 0 amide bonds. The Labute approximate surface area is 110 Å². The summed E-state index contributed by atoms with van der Waals surface area (Å²) in [6, 6.07) is 4.88. The van der Waals surface area contributed by atoms with Crippen molar-refractivity contribution in [1.82, 2.24) is 15.1 Å². The van der Waals surface area contributed by atoms with Gasteiger partial charge in [-0.25, -0.2) is 0 Å². The molecule has 1 aromatic heterocycles. The number of nitrogens with one attached hydrogen (secondary N) is 1. The number of nitrogens with zero attached hydrogens (tertiary/aromatic N) is 2. The van der Waals surface area contributed by atoms with E-state index in [1.807, 2.05) is 0 Å². The number of likely N-dealkylation sites (N-methyl/N-ethyl adjacent to an activating group) is 1. The highest BCUT2D eigenvalue weighted by Gasteiger charge is 2.24. The fourth-order valence-electron chi connectivity index (χ4n) is 2.45. The first-order chi connectivity index (χ1) is 8.69. The third-order valence-electron chi connectivity index (χ3n) is 3.62. The summed E-state index contributed by atoms with van der Waals surface area (Å²) in [5.74, 6) is 2.12. The van der Waals surface area contributed by atoms with Crippen LogP contribution in [0.4, 0.5) is 0 Å². The summed E-state index contributed by atoms with van der Waals surface area (Å²) < 4.78 is 5.83. The summed E-state index contributed by atoms with van der Waals surface area (Å²) in [7, 11) is 4.32. The van der Waals surface area contributed by atoms with E-state index in [0.29, 0.717) is 6.04 Å². The zero-order valence-corrected chi connectivity index (χ0v) is 11.8. The molecule has 0 aliphatic carbocycles. The molecule has 4 heteroatoms. The highest BCUT2D eigenvalue weighted by atomic mass is 16.3. The van der Waals surface area contributed by atoms with E-state index in [9.17, 15) is 0 Å². The zero-order chi connectivity index (χ0) is 13.0. The Kier molecular flexibility index (Phi) is 4.80. The van der Waals surface area contributed by atoms with Crippen molar-refractivity contribution < 1.29 is 4.42 Å². The van der Waals surface area contributed by atoms with Crippen LogP contribution in [0.3, 0.4) is 0 Å². The molecule has 1 unspecified atom stereocenters. The summed E-state index contributed by atoms with van der Waals surface area (Å²) in [6.07, 6.45) is 1.26. The van der Waals surface area contributed by atoms with Gasteiger partial charge in [0.05, 0.1) is 13.1 Å². The molecule has 2 rings (SSSR count). The van der Waals surface area contributed by atoms with E-state index in [4.69, 9.17) is 4.42 Å². The van der Waals surface area contributed by atoms with Crippen LogP contribution < -0.4 is 5.32 Å². The Balaban J connectivity index is 1.81. The Morgan fingerprint density at radius 1 is 1.39 bits per heavy atom. The van der Waals surface area contributed by atoms with Crippen LogP contribution >= 0.6 is 0 Å². The third kappa shape index (κ3) is 3.57. The number of hydrogen-bond acceptors (Lipinski definition) is 4. The minimum Gasteiger partial charge on any atom is -0.463 e. The maximum absolute atomic E-state index is 5.83. The van der Waals surface area contributed by atoms with Crippen LogP contribution in [-0.4, -0.2) is 49.6 Å². The van der Waals surface area contributed by atoms with E-state index in [1.54, 1.807) is 0 Å². The Hall–Kier alpha value is -0.840. The van der Waals surface area contributed by atoms with Gasteiger partial charge >= 0.3 is 0 Å². The number of hydrogen-bond donors (Lipinski definition) is 1. The lowest BCUT2D eigenvalue weighted by atomic mass is 10.2. The minimum absolute atomic E-state index is 0.696. The smallest absolute Gasteiger partial charge is 0.118 e. The molecule has 0 aromatic carbocycles. The molecule has 2 heterocycles. The molecule has 0 bridgehead atoms. The first-order valence-corrected chi connectivity index (χ1v) is 6.86. The number of furan rings is 1. The van der Waals surface area contributed by atoms with Gasteiger partial charge in [0.15, 0.2) is 0 Å². The van der Waals surface area contributed by atoms with E-state index in [0.717, 1.165) is 37.7 Å². The van der Waals surface area contributed by atoms with Gasteiger partial charge < -0.3 is 14.6 Å². The van der Waals surface area contributed by atoms with Crippen LogP contribution in [0.15, 0.2) is 16.5 Å². The lowest BCUT2D eigenvalue weighted by Crippen LogP contribution is -2.31. The van der Waals surface area contributed by atoms with E-state index in [-0.39, 0.29) is 0 Å². The summed E-state index contributed by atoms with van der Waals surface area (Å²) in [5.41, 5.74) is 0. The number of rotatable bonds is 6. The molecule has 0 radical (unpaired) electrons. The molecule has 1 atom stereocenters. The van der Waals surface area contributed by atoms with Crippen molar-refractivity contribution in [1.29, 1.82) is 0 Å². The molecule has 1 N–H and O–H groups in total. The van der Waals surface area contributed by atoms with Gasteiger partial charge in [0.25, 0.3) is 0 Å². The Morgan fingerprint density at radius 2 is 2.17 bits per heavy atom. The van der Waals surface area contributed by atoms with Gasteiger partial charge in [-0.3, -0.25) is 4.90 Å². The normalized spacial score (nSPS) is 21.0. The number of likely N-dealkylation sites (tertiary alicyclic amines) is 1. The van der Waals surface area contributed by atoms with Gasteiger partial charge in [0, 0.05) is 19.1 Å². The van der Waals surface area contributed by atoms with Gasteiger partial charge in [-0.15, -0.1) is 0 Å². The topological polar surface area (TPSA) is 31.6 Å². The Bertz CT molecular complexity index is 362. The van der Waals surface area contributed by atoms with Crippen LogP contribution in [0.1, 0.15) is 24.9 Å². The fraction of sp³-hybridized carbons (Fsp3) is 0.714. The maximum atomic E-state index is 5.83. The van der Waals surface area contributed by atoms with Crippen molar-refractivity contribution in [2.75, 3.05) is 33.7 Å². The molecule has 4 nitrogen and oxygen atoms in total. The summed E-state index contributed by atoms with van der Waals surface area (Å²) in [5, 5.41) is 3.28. The first-order valence-electron chi connectivity index (χ1n) is 6.86. The van der Waals surface area contributed by atoms with Crippen molar-refractivity contribution in [2.24, 2.45) is 0 Å². The van der Waals surface area contributed by atoms with E-state index in [1.165, 1.54) is 13.0 Å². The van der Waals surface area contributed by atoms with Crippen molar-refractivity contribution in [3.05, 3.63) is 23.7 Å². The van der Waals surface area contributed by atoms with Crippen LogP contribution in [0.25, 0.3) is 0 Å². The molecule has 1 aliphatic heterocycles. The minimum atomic E-state index is 0.696. The molecule has 1 aromatic rings. The molecule has 18 heavy (non-hydrogen) atoms. The zero-order valence-electron chi connectivity index (χ0n) is 11.8. The molecular weight excluding hydrogens is 226 g/mol. The second kappa shape index (κ2) is 6.36. The van der Waals surface area contributed by atoms with Gasteiger partial charge in [-0.2, -0.15) is 0 Å². The van der Waals surface area contributed by atoms with Gasteiger partial charge in [-0.05, 0) is 39.2 Å². The second-order valence-electron chi connectivity index (χ2n) is 5.29. The summed E-state index contributed by atoms with van der Waals surface area (Å²) >= 11 is 0. The highest BCUT2D eigenvalue weighted by Crippen LogP contribution is 2.17. The van der Waals surface area contributed by atoms with Gasteiger partial charge in [0.1, 0.15) is 11.5 Å². The first kappa shape index (κ1) is 13.6. The molecular formula is C14H25N3O. The third-order valence-corrected chi connectivity index (χ3v) is 3.62. The quantitative estimate of drug-likeness (QED) is 0.831. The fourth-order valence-corrected chi connectivity index (χ4v) is 2.45. The van der Waals surface area contributed by atoms with Crippen molar-refractivity contribution in [3.63, 3.8) is 0 Å². The van der Waals surface area contributed by atoms with E-state index < -0.39 is 0 Å². The van der Waals surface area contributed by atoms with Crippen LogP contribution in [0.5, 0.6) is 0 Å².